The van der Waals surface area contributed by atoms with E-state index >= 15 is 0 Å². The first-order valence-electron chi connectivity index (χ1n) is 6.59. The van der Waals surface area contributed by atoms with Gasteiger partial charge in [-0.05, 0) is 24.1 Å². The molecule has 1 atom stereocenters. The number of methoxy groups -OCH3 is 1. The van der Waals surface area contributed by atoms with E-state index in [4.69, 9.17) is 5.26 Å². The molecule has 0 aromatic heterocycles. The number of esters is 1. The van der Waals surface area contributed by atoms with Crippen molar-refractivity contribution in [3.05, 3.63) is 35.4 Å². The van der Waals surface area contributed by atoms with Crippen LogP contribution < -0.4 is 0 Å². The van der Waals surface area contributed by atoms with Gasteiger partial charge in [-0.3, -0.25) is 9.80 Å². The molecule has 1 aliphatic rings. The highest BCUT2D eigenvalue weighted by atomic mass is 16.5. The Morgan fingerprint density at radius 1 is 1.60 bits per heavy atom. The second-order valence-electron chi connectivity index (χ2n) is 4.68. The van der Waals surface area contributed by atoms with Crippen LogP contribution in [0.2, 0.25) is 0 Å². The molecular formula is C15H17N3O2. The number of rotatable bonds is 4. The topological polar surface area (TPSA) is 65.7 Å². The normalized spacial score (nSPS) is 17.6. The Hall–Kier alpha value is -2.35. The highest BCUT2D eigenvalue weighted by Crippen LogP contribution is 2.22. The summed E-state index contributed by atoms with van der Waals surface area (Å²) in [7, 11) is 1.38. The van der Waals surface area contributed by atoms with E-state index in [9.17, 15) is 4.79 Å². The van der Waals surface area contributed by atoms with Crippen LogP contribution in [0.15, 0.2) is 29.4 Å². The van der Waals surface area contributed by atoms with Crippen LogP contribution in [0.1, 0.15) is 30.9 Å². The number of hydrazone groups is 1. The van der Waals surface area contributed by atoms with Crippen LogP contribution in [-0.4, -0.2) is 36.4 Å². The minimum absolute atomic E-state index is 0.163. The zero-order valence-corrected chi connectivity index (χ0v) is 11.7. The second kappa shape index (κ2) is 6.20. The minimum Gasteiger partial charge on any atom is -0.468 e. The molecule has 1 aliphatic heterocycles. The molecule has 1 heterocycles. The van der Waals surface area contributed by atoms with Crippen LogP contribution in [0.25, 0.3) is 0 Å². The van der Waals surface area contributed by atoms with E-state index in [0.29, 0.717) is 5.56 Å². The number of benzene rings is 1. The summed E-state index contributed by atoms with van der Waals surface area (Å²) >= 11 is 0. The van der Waals surface area contributed by atoms with Crippen molar-refractivity contribution in [3.8, 4) is 6.07 Å². The van der Waals surface area contributed by atoms with Crippen molar-refractivity contribution >= 4 is 11.7 Å². The van der Waals surface area contributed by atoms with Gasteiger partial charge in [0.05, 0.1) is 30.5 Å². The molecule has 0 bridgehead atoms. The number of carbonyl (C=O) groups is 1. The average molecular weight is 271 g/mol. The van der Waals surface area contributed by atoms with Gasteiger partial charge in [0.15, 0.2) is 0 Å². The highest BCUT2D eigenvalue weighted by Gasteiger charge is 2.27. The van der Waals surface area contributed by atoms with Gasteiger partial charge in [-0.1, -0.05) is 19.1 Å². The molecule has 0 amide bonds. The Morgan fingerprint density at radius 3 is 3.05 bits per heavy atom. The van der Waals surface area contributed by atoms with Crippen LogP contribution in [0.3, 0.4) is 0 Å². The Morgan fingerprint density at radius 2 is 2.40 bits per heavy atom. The van der Waals surface area contributed by atoms with Crippen LogP contribution in [0.4, 0.5) is 0 Å². The molecule has 0 spiro atoms. The maximum atomic E-state index is 11.4. The molecule has 0 N–H and O–H groups in total. The smallest absolute Gasteiger partial charge is 0.327 e. The standard InChI is InChI=1S/C15H17N3O2/c1-3-13-8-14(17-18(13)10-15(19)20-2)12-6-4-5-11(7-12)9-16/h4-7,13H,3,8,10H2,1-2H3. The molecule has 104 valence electrons. The van der Waals surface area contributed by atoms with Crippen molar-refractivity contribution in [3.63, 3.8) is 0 Å². The molecule has 5 nitrogen and oxygen atoms in total. The minimum atomic E-state index is -0.292. The maximum Gasteiger partial charge on any atom is 0.327 e. The van der Waals surface area contributed by atoms with Gasteiger partial charge < -0.3 is 4.74 Å². The fraction of sp³-hybridized carbons (Fsp3) is 0.400. The third-order valence-corrected chi connectivity index (χ3v) is 3.41. The molecule has 0 radical (unpaired) electrons. The first-order chi connectivity index (χ1) is 9.67. The van der Waals surface area contributed by atoms with Crippen molar-refractivity contribution in [2.24, 2.45) is 5.10 Å². The van der Waals surface area contributed by atoms with E-state index in [1.807, 2.05) is 18.2 Å². The van der Waals surface area contributed by atoms with E-state index < -0.39 is 0 Å². The van der Waals surface area contributed by atoms with Crippen LogP contribution in [0.5, 0.6) is 0 Å². The Bertz CT molecular complexity index is 575. The monoisotopic (exact) mass is 271 g/mol. The number of nitrogens with zero attached hydrogens (tertiary/aromatic N) is 3. The Balaban J connectivity index is 2.22. The van der Waals surface area contributed by atoms with Crippen LogP contribution in [-0.2, 0) is 9.53 Å². The summed E-state index contributed by atoms with van der Waals surface area (Å²) in [4.78, 5) is 11.4. The van der Waals surface area contributed by atoms with Gasteiger partial charge in [0, 0.05) is 6.42 Å². The van der Waals surface area contributed by atoms with Crippen molar-refractivity contribution in [1.29, 1.82) is 5.26 Å². The molecule has 1 unspecified atom stereocenters. The van der Waals surface area contributed by atoms with Gasteiger partial charge >= 0.3 is 5.97 Å². The van der Waals surface area contributed by atoms with Gasteiger partial charge in [-0.15, -0.1) is 0 Å². The van der Waals surface area contributed by atoms with Gasteiger partial charge in [0.1, 0.15) is 6.54 Å². The summed E-state index contributed by atoms with van der Waals surface area (Å²) in [5.41, 5.74) is 2.47. The van der Waals surface area contributed by atoms with Crippen LogP contribution >= 0.6 is 0 Å². The van der Waals surface area contributed by atoms with E-state index in [0.717, 1.165) is 24.1 Å². The third-order valence-electron chi connectivity index (χ3n) is 3.41. The maximum absolute atomic E-state index is 11.4. The summed E-state index contributed by atoms with van der Waals surface area (Å²) in [5, 5.41) is 15.2. The second-order valence-corrected chi connectivity index (χ2v) is 4.68. The Labute approximate surface area is 118 Å². The summed E-state index contributed by atoms with van der Waals surface area (Å²) in [6, 6.07) is 9.71. The third kappa shape index (κ3) is 2.97. The largest absolute Gasteiger partial charge is 0.468 e. The summed E-state index contributed by atoms with van der Waals surface area (Å²) in [6.07, 6.45) is 1.68. The number of nitriles is 1. The SMILES string of the molecule is CCC1CC(c2cccc(C#N)c2)=NN1CC(=O)OC. The summed E-state index contributed by atoms with van der Waals surface area (Å²) < 4.78 is 4.69. The molecule has 2 rings (SSSR count). The summed E-state index contributed by atoms with van der Waals surface area (Å²) in [5.74, 6) is -0.292. The molecule has 0 saturated heterocycles. The zero-order chi connectivity index (χ0) is 14.5. The Kier molecular flexibility index (Phi) is 4.36. The predicted octanol–water partition coefficient (Wildman–Crippen LogP) is 1.92. The first-order valence-corrected chi connectivity index (χ1v) is 6.59. The van der Waals surface area contributed by atoms with Crippen LogP contribution in [0, 0.1) is 11.3 Å². The lowest BCUT2D eigenvalue weighted by Gasteiger charge is -2.20. The molecule has 20 heavy (non-hydrogen) atoms. The average Bonchev–Trinajstić information content (AvgIpc) is 2.90. The number of ether oxygens (including phenoxy) is 1. The number of hydrogen-bond donors (Lipinski definition) is 0. The molecule has 1 aromatic rings. The fourth-order valence-electron chi connectivity index (χ4n) is 2.27. The van der Waals surface area contributed by atoms with E-state index in [2.05, 4.69) is 22.8 Å². The molecule has 0 fully saturated rings. The molecule has 5 heteroatoms. The lowest BCUT2D eigenvalue weighted by molar-refractivity contribution is -0.142. The van der Waals surface area contributed by atoms with E-state index in [-0.39, 0.29) is 18.6 Å². The van der Waals surface area contributed by atoms with Crippen molar-refractivity contribution in [2.45, 2.75) is 25.8 Å². The molecular weight excluding hydrogens is 254 g/mol. The van der Waals surface area contributed by atoms with Crippen molar-refractivity contribution in [1.82, 2.24) is 5.01 Å². The van der Waals surface area contributed by atoms with Gasteiger partial charge in [0.25, 0.3) is 0 Å². The van der Waals surface area contributed by atoms with Crippen molar-refractivity contribution in [2.75, 3.05) is 13.7 Å². The van der Waals surface area contributed by atoms with E-state index in [1.165, 1.54) is 7.11 Å². The van der Waals surface area contributed by atoms with Gasteiger partial charge in [-0.2, -0.15) is 10.4 Å². The lowest BCUT2D eigenvalue weighted by Crippen LogP contribution is -2.31. The molecule has 1 aromatic carbocycles. The zero-order valence-electron chi connectivity index (χ0n) is 11.7. The molecule has 0 aliphatic carbocycles. The first kappa shape index (κ1) is 14.1. The van der Waals surface area contributed by atoms with Gasteiger partial charge in [-0.25, -0.2) is 0 Å². The van der Waals surface area contributed by atoms with E-state index in [1.54, 1.807) is 11.1 Å². The van der Waals surface area contributed by atoms with Crippen molar-refractivity contribution < 1.29 is 9.53 Å². The highest BCUT2D eigenvalue weighted by molar-refractivity contribution is 6.02. The molecule has 0 saturated carbocycles. The lowest BCUT2D eigenvalue weighted by atomic mass is 10.0. The number of hydrogen-bond acceptors (Lipinski definition) is 5. The number of carbonyl (C=O) groups excluding carboxylic acids is 1. The fourth-order valence-corrected chi connectivity index (χ4v) is 2.27. The van der Waals surface area contributed by atoms with Gasteiger partial charge in [0.2, 0.25) is 0 Å². The quantitative estimate of drug-likeness (QED) is 0.785. The predicted molar refractivity (Wildman–Crippen MR) is 75.1 cm³/mol. The summed E-state index contributed by atoms with van der Waals surface area (Å²) in [6.45, 7) is 2.23.